The largest absolute Gasteiger partial charge is 0.456 e. The van der Waals surface area contributed by atoms with Crippen molar-refractivity contribution in [1.29, 1.82) is 0 Å². The summed E-state index contributed by atoms with van der Waals surface area (Å²) in [5.74, 6) is 1.76. The van der Waals surface area contributed by atoms with E-state index in [-0.39, 0.29) is 0 Å². The van der Waals surface area contributed by atoms with Crippen LogP contribution >= 0.6 is 0 Å². The molecule has 5 nitrogen and oxygen atoms in total. The van der Waals surface area contributed by atoms with Crippen molar-refractivity contribution in [3.8, 4) is 39.9 Å². The van der Waals surface area contributed by atoms with Gasteiger partial charge in [-0.3, -0.25) is 4.57 Å². The lowest BCUT2D eigenvalue weighted by Crippen LogP contribution is -2.06. The normalized spacial score (nSPS) is 11.8. The summed E-state index contributed by atoms with van der Waals surface area (Å²) in [6.45, 7) is 0. The molecular formula is C43H26N4O. The molecule has 0 amide bonds. The van der Waals surface area contributed by atoms with E-state index in [1.807, 2.05) is 36.4 Å². The van der Waals surface area contributed by atoms with Crippen molar-refractivity contribution in [2.75, 3.05) is 0 Å². The Kier molecular flexibility index (Phi) is 5.81. The van der Waals surface area contributed by atoms with Gasteiger partial charge in [-0.2, -0.15) is 9.97 Å². The highest BCUT2D eigenvalue weighted by Gasteiger charge is 2.21. The molecule has 3 heterocycles. The third-order valence-electron chi connectivity index (χ3n) is 9.28. The van der Waals surface area contributed by atoms with Crippen molar-refractivity contribution < 1.29 is 4.42 Å². The van der Waals surface area contributed by atoms with E-state index in [2.05, 4.69) is 126 Å². The monoisotopic (exact) mass is 614 g/mol. The highest BCUT2D eigenvalue weighted by molar-refractivity contribution is 6.21. The van der Waals surface area contributed by atoms with Crippen LogP contribution in [-0.2, 0) is 0 Å². The maximum Gasteiger partial charge on any atom is 0.238 e. The third kappa shape index (κ3) is 4.08. The number of furan rings is 1. The summed E-state index contributed by atoms with van der Waals surface area (Å²) in [6.07, 6.45) is 0. The maximum atomic E-state index is 6.27. The Morgan fingerprint density at radius 2 is 1.06 bits per heavy atom. The van der Waals surface area contributed by atoms with Crippen molar-refractivity contribution in [2.45, 2.75) is 0 Å². The molecule has 0 N–H and O–H groups in total. The van der Waals surface area contributed by atoms with Gasteiger partial charge in [0.1, 0.15) is 11.2 Å². The van der Waals surface area contributed by atoms with Crippen molar-refractivity contribution >= 4 is 54.5 Å². The maximum absolute atomic E-state index is 6.27. The number of hydrogen-bond acceptors (Lipinski definition) is 4. The van der Waals surface area contributed by atoms with E-state index in [1.165, 1.54) is 16.2 Å². The fourth-order valence-corrected chi connectivity index (χ4v) is 7.07. The standard InChI is InChI=1S/C43H26N4O/c1-2-11-27(12-3-1)28-21-23-30(24-22-28)41-44-42(34-17-10-20-38-40(34)33-16-7-9-19-37(33)48-38)46-43(45-41)47-35-18-8-6-15-32(35)39-31-14-5-4-13-29(31)25-26-36(39)47/h1-26H. The number of hydrogen-bond donors (Lipinski definition) is 0. The van der Waals surface area contributed by atoms with Crippen LogP contribution in [0.25, 0.3) is 94.4 Å². The van der Waals surface area contributed by atoms with Gasteiger partial charge in [-0.15, -0.1) is 0 Å². The Balaban J connectivity index is 1.27. The summed E-state index contributed by atoms with van der Waals surface area (Å²) in [7, 11) is 0. The summed E-state index contributed by atoms with van der Waals surface area (Å²) in [6, 6.07) is 54.4. The number of rotatable bonds is 4. The Bertz CT molecular complexity index is 2830. The fraction of sp³-hybridized carbons (Fsp3) is 0. The highest BCUT2D eigenvalue weighted by atomic mass is 16.3. The van der Waals surface area contributed by atoms with Crippen LogP contribution in [0, 0.1) is 0 Å². The van der Waals surface area contributed by atoms with Crippen LogP contribution in [0.15, 0.2) is 162 Å². The van der Waals surface area contributed by atoms with E-state index >= 15 is 0 Å². The molecule has 0 radical (unpaired) electrons. The lowest BCUT2D eigenvalue weighted by Gasteiger charge is -2.12. The van der Waals surface area contributed by atoms with Crippen molar-refractivity contribution in [3.63, 3.8) is 0 Å². The fourth-order valence-electron chi connectivity index (χ4n) is 7.07. The van der Waals surface area contributed by atoms with Crippen LogP contribution in [0.1, 0.15) is 0 Å². The number of aromatic nitrogens is 4. The molecule has 10 rings (SSSR count). The van der Waals surface area contributed by atoms with Crippen molar-refractivity contribution in [2.24, 2.45) is 0 Å². The third-order valence-corrected chi connectivity index (χ3v) is 9.28. The van der Waals surface area contributed by atoms with E-state index < -0.39 is 0 Å². The Hall–Kier alpha value is -6.59. The van der Waals surface area contributed by atoms with Gasteiger partial charge in [0, 0.05) is 32.7 Å². The van der Waals surface area contributed by atoms with Gasteiger partial charge >= 0.3 is 0 Å². The summed E-state index contributed by atoms with van der Waals surface area (Å²) in [5.41, 5.74) is 7.83. The molecule has 3 aromatic heterocycles. The first-order valence-electron chi connectivity index (χ1n) is 16.0. The molecule has 0 unspecified atom stereocenters. The number of fused-ring (bicyclic) bond motifs is 8. The van der Waals surface area contributed by atoms with E-state index in [9.17, 15) is 0 Å². The molecule has 0 fully saturated rings. The predicted molar refractivity (Wildman–Crippen MR) is 195 cm³/mol. The first-order chi connectivity index (χ1) is 23.8. The van der Waals surface area contributed by atoms with Gasteiger partial charge in [0.05, 0.1) is 11.0 Å². The first-order valence-corrected chi connectivity index (χ1v) is 16.0. The Labute approximate surface area is 275 Å². The van der Waals surface area contributed by atoms with Gasteiger partial charge < -0.3 is 4.42 Å². The van der Waals surface area contributed by atoms with Gasteiger partial charge in [0.25, 0.3) is 0 Å². The predicted octanol–water partition coefficient (Wildman–Crippen LogP) is 11.0. The lowest BCUT2D eigenvalue weighted by atomic mass is 10.0. The zero-order valence-electron chi connectivity index (χ0n) is 25.7. The molecule has 0 saturated carbocycles. The summed E-state index contributed by atoms with van der Waals surface area (Å²) in [5, 5.41) is 6.75. The second-order valence-electron chi connectivity index (χ2n) is 12.0. The molecule has 10 aromatic rings. The van der Waals surface area contributed by atoms with Crippen LogP contribution in [0.2, 0.25) is 0 Å². The molecule has 0 spiro atoms. The minimum absolute atomic E-state index is 0.563. The van der Waals surface area contributed by atoms with Gasteiger partial charge in [0.15, 0.2) is 11.6 Å². The summed E-state index contributed by atoms with van der Waals surface area (Å²) < 4.78 is 8.45. The summed E-state index contributed by atoms with van der Waals surface area (Å²) >= 11 is 0. The zero-order chi connectivity index (χ0) is 31.6. The molecular weight excluding hydrogens is 589 g/mol. The second kappa shape index (κ2) is 10.5. The van der Waals surface area contributed by atoms with Crippen LogP contribution in [-0.4, -0.2) is 19.5 Å². The average molecular weight is 615 g/mol. The highest BCUT2D eigenvalue weighted by Crippen LogP contribution is 2.39. The van der Waals surface area contributed by atoms with E-state index in [0.717, 1.165) is 60.6 Å². The van der Waals surface area contributed by atoms with Crippen molar-refractivity contribution in [3.05, 3.63) is 158 Å². The first kappa shape index (κ1) is 26.6. The van der Waals surface area contributed by atoms with E-state index in [4.69, 9.17) is 19.4 Å². The topological polar surface area (TPSA) is 56.7 Å². The van der Waals surface area contributed by atoms with E-state index in [1.54, 1.807) is 0 Å². The molecule has 0 bridgehead atoms. The molecule has 0 saturated heterocycles. The summed E-state index contributed by atoms with van der Waals surface area (Å²) in [4.78, 5) is 15.6. The Morgan fingerprint density at radius 3 is 1.94 bits per heavy atom. The van der Waals surface area contributed by atoms with Gasteiger partial charge in [-0.25, -0.2) is 4.98 Å². The van der Waals surface area contributed by atoms with Gasteiger partial charge in [0.2, 0.25) is 5.95 Å². The quantitative estimate of drug-likeness (QED) is 0.198. The second-order valence-corrected chi connectivity index (χ2v) is 12.0. The minimum Gasteiger partial charge on any atom is -0.456 e. The SMILES string of the molecule is c1ccc(-c2ccc(-c3nc(-c4cccc5oc6ccccc6c45)nc(-n4c5ccccc5c5c6ccccc6ccc54)n3)cc2)cc1. The molecule has 5 heteroatoms. The number of para-hydroxylation sites is 2. The van der Waals surface area contributed by atoms with Gasteiger partial charge in [-0.05, 0) is 46.2 Å². The van der Waals surface area contributed by atoms with E-state index in [0.29, 0.717) is 17.6 Å². The molecule has 0 aliphatic heterocycles. The Morgan fingerprint density at radius 1 is 0.396 bits per heavy atom. The van der Waals surface area contributed by atoms with Crippen LogP contribution in [0.5, 0.6) is 0 Å². The van der Waals surface area contributed by atoms with Crippen LogP contribution in [0.4, 0.5) is 0 Å². The molecule has 0 aliphatic rings. The zero-order valence-corrected chi connectivity index (χ0v) is 25.7. The number of benzene rings is 7. The van der Waals surface area contributed by atoms with Crippen molar-refractivity contribution in [1.82, 2.24) is 19.5 Å². The molecule has 7 aromatic carbocycles. The minimum atomic E-state index is 0.563. The lowest BCUT2D eigenvalue weighted by molar-refractivity contribution is 0.669. The van der Waals surface area contributed by atoms with Gasteiger partial charge in [-0.1, -0.05) is 133 Å². The van der Waals surface area contributed by atoms with Crippen LogP contribution in [0.3, 0.4) is 0 Å². The molecule has 0 aliphatic carbocycles. The smallest absolute Gasteiger partial charge is 0.238 e. The molecule has 224 valence electrons. The molecule has 0 atom stereocenters. The average Bonchev–Trinajstić information content (AvgIpc) is 3.71. The molecule has 48 heavy (non-hydrogen) atoms. The van der Waals surface area contributed by atoms with Crippen LogP contribution < -0.4 is 0 Å². The number of nitrogens with zero attached hydrogens (tertiary/aromatic N) is 4.